The number of fused-ring (bicyclic) bond motifs is 1. The van der Waals surface area contributed by atoms with Crippen LogP contribution in [0.1, 0.15) is 11.3 Å². The monoisotopic (exact) mass is 386 g/mol. The number of aliphatic imine (C=N–C) groups is 1. The molecule has 4 rings (SSSR count). The van der Waals surface area contributed by atoms with E-state index < -0.39 is 18.0 Å². The Kier molecular flexibility index (Phi) is 5.07. The summed E-state index contributed by atoms with van der Waals surface area (Å²) in [6.45, 7) is 0. The molecule has 6 heteroatoms. The summed E-state index contributed by atoms with van der Waals surface area (Å²) in [4.78, 5) is 19.9. The molecule has 3 aromatic carbocycles. The van der Waals surface area contributed by atoms with Crippen molar-refractivity contribution in [2.45, 2.75) is 12.5 Å². The van der Waals surface area contributed by atoms with Crippen molar-refractivity contribution < 1.29 is 19.4 Å². The number of carboxylic acids is 1. The maximum absolute atomic E-state index is 11.5. The highest BCUT2D eigenvalue weighted by Gasteiger charge is 2.18. The van der Waals surface area contributed by atoms with Crippen molar-refractivity contribution in [1.82, 2.24) is 4.98 Å². The van der Waals surface area contributed by atoms with Crippen molar-refractivity contribution >= 4 is 23.0 Å². The van der Waals surface area contributed by atoms with E-state index in [2.05, 4.69) is 9.98 Å². The molecule has 0 saturated carbocycles. The van der Waals surface area contributed by atoms with Crippen molar-refractivity contribution in [2.24, 2.45) is 4.99 Å². The minimum atomic E-state index is -1.05. The fourth-order valence-electron chi connectivity index (χ4n) is 3.06. The molecular formula is C23H18N2O4. The summed E-state index contributed by atoms with van der Waals surface area (Å²) in [5.41, 5.74) is 1.66. The molecule has 0 aliphatic heterocycles. The average Bonchev–Trinajstić information content (AvgIpc) is 3.12. The second-order valence-electron chi connectivity index (χ2n) is 6.59. The molecule has 1 heterocycles. The van der Waals surface area contributed by atoms with Gasteiger partial charge in [-0.05, 0) is 28.5 Å². The lowest BCUT2D eigenvalue weighted by Gasteiger charge is -2.06. The number of aromatic hydroxyl groups is 1. The number of carbonyl (C=O) groups is 1. The van der Waals surface area contributed by atoms with Gasteiger partial charge in [0.2, 0.25) is 5.89 Å². The van der Waals surface area contributed by atoms with Crippen LogP contribution in [0, 0.1) is 0 Å². The first kappa shape index (κ1) is 18.4. The van der Waals surface area contributed by atoms with E-state index in [0.29, 0.717) is 5.56 Å². The average molecular weight is 386 g/mol. The maximum Gasteiger partial charge on any atom is 0.328 e. The summed E-state index contributed by atoms with van der Waals surface area (Å²) < 4.78 is 5.37. The van der Waals surface area contributed by atoms with E-state index in [1.54, 1.807) is 0 Å². The van der Waals surface area contributed by atoms with Crippen molar-refractivity contribution in [3.63, 3.8) is 0 Å². The Bertz CT molecular complexity index is 1180. The van der Waals surface area contributed by atoms with E-state index in [0.717, 1.165) is 16.3 Å². The van der Waals surface area contributed by atoms with Crippen molar-refractivity contribution in [3.05, 3.63) is 84.1 Å². The Labute approximate surface area is 166 Å². The predicted octanol–water partition coefficient (Wildman–Crippen LogP) is 4.32. The van der Waals surface area contributed by atoms with Crippen LogP contribution < -0.4 is 0 Å². The summed E-state index contributed by atoms with van der Waals surface area (Å²) in [5, 5.41) is 21.6. The first-order chi connectivity index (χ1) is 14.1. The molecule has 0 fully saturated rings. The zero-order valence-electron chi connectivity index (χ0n) is 15.4. The van der Waals surface area contributed by atoms with Gasteiger partial charge in [0.15, 0.2) is 11.7 Å². The highest BCUT2D eigenvalue weighted by atomic mass is 16.5. The van der Waals surface area contributed by atoms with Crippen LogP contribution in [-0.4, -0.2) is 33.4 Å². The van der Waals surface area contributed by atoms with Gasteiger partial charge in [0.25, 0.3) is 0 Å². The number of aliphatic carboxylic acids is 1. The number of benzene rings is 3. The molecule has 1 atom stereocenters. The lowest BCUT2D eigenvalue weighted by atomic mass is 10.1. The highest BCUT2D eigenvalue weighted by molar-refractivity contribution is 5.87. The molecule has 0 saturated heterocycles. The minimum Gasteiger partial charge on any atom is -0.480 e. The molecule has 29 heavy (non-hydrogen) atoms. The summed E-state index contributed by atoms with van der Waals surface area (Å²) in [5.74, 6) is -1.21. The van der Waals surface area contributed by atoms with Gasteiger partial charge in [-0.2, -0.15) is 0 Å². The van der Waals surface area contributed by atoms with Gasteiger partial charge in [0.1, 0.15) is 0 Å². The molecular weight excluding hydrogens is 368 g/mol. The molecule has 0 aliphatic carbocycles. The van der Waals surface area contributed by atoms with E-state index in [1.807, 2.05) is 72.8 Å². The molecule has 0 amide bonds. The van der Waals surface area contributed by atoms with E-state index in [-0.39, 0.29) is 18.0 Å². The summed E-state index contributed by atoms with van der Waals surface area (Å²) >= 11 is 0. The van der Waals surface area contributed by atoms with Gasteiger partial charge in [-0.25, -0.2) is 9.78 Å². The quantitative estimate of drug-likeness (QED) is 0.481. The third-order valence-corrected chi connectivity index (χ3v) is 4.56. The van der Waals surface area contributed by atoms with Crippen molar-refractivity contribution in [2.75, 3.05) is 0 Å². The fraction of sp³-hybridized carbons (Fsp3) is 0.0870. The summed E-state index contributed by atoms with van der Waals surface area (Å²) in [6, 6.07) is 21.8. The van der Waals surface area contributed by atoms with Gasteiger partial charge < -0.3 is 14.6 Å². The molecule has 0 spiro atoms. The smallest absolute Gasteiger partial charge is 0.328 e. The molecule has 144 valence electrons. The largest absolute Gasteiger partial charge is 0.480 e. The first-order valence-corrected chi connectivity index (χ1v) is 9.09. The molecule has 0 bridgehead atoms. The number of oxazole rings is 1. The van der Waals surface area contributed by atoms with Gasteiger partial charge in [0, 0.05) is 12.0 Å². The van der Waals surface area contributed by atoms with Crippen LogP contribution in [0.3, 0.4) is 0 Å². The number of hydrogen-bond donors (Lipinski definition) is 2. The molecule has 6 nitrogen and oxygen atoms in total. The molecule has 4 aromatic rings. The maximum atomic E-state index is 11.5. The normalized spacial score (nSPS) is 12.4. The number of rotatable bonds is 6. The van der Waals surface area contributed by atoms with Crippen LogP contribution in [-0.2, 0) is 11.2 Å². The number of carboxylic acid groups (broad SMARTS) is 1. The van der Waals surface area contributed by atoms with E-state index in [1.165, 1.54) is 6.21 Å². The van der Waals surface area contributed by atoms with Gasteiger partial charge >= 0.3 is 11.9 Å². The summed E-state index contributed by atoms with van der Waals surface area (Å²) in [6.07, 6.45) is 1.48. The van der Waals surface area contributed by atoms with Crippen molar-refractivity contribution in [3.8, 4) is 17.4 Å². The standard InChI is InChI=1S/C23H18N2O4/c26-22(27)19(12-15-6-2-1-3-7-15)24-14-20-23(28)29-21(25-20)18-11-10-16-8-4-5-9-17(16)13-18/h1-11,13-14,19,28H,12H2,(H,26,27)/t19-/m0/s1. The van der Waals surface area contributed by atoms with Crippen LogP contribution in [0.2, 0.25) is 0 Å². The van der Waals surface area contributed by atoms with Gasteiger partial charge in [-0.3, -0.25) is 4.99 Å². The Hall–Kier alpha value is -3.93. The molecule has 0 radical (unpaired) electrons. The number of nitrogens with zero attached hydrogens (tertiary/aromatic N) is 2. The first-order valence-electron chi connectivity index (χ1n) is 9.09. The number of hydrogen-bond acceptors (Lipinski definition) is 5. The predicted molar refractivity (Wildman–Crippen MR) is 110 cm³/mol. The Morgan fingerprint density at radius 2 is 1.76 bits per heavy atom. The second-order valence-corrected chi connectivity index (χ2v) is 6.59. The molecule has 0 unspecified atom stereocenters. The minimum absolute atomic E-state index is 0.0903. The van der Waals surface area contributed by atoms with E-state index in [4.69, 9.17) is 4.42 Å². The van der Waals surface area contributed by atoms with Crippen molar-refractivity contribution in [1.29, 1.82) is 0 Å². The lowest BCUT2D eigenvalue weighted by Crippen LogP contribution is -2.20. The van der Waals surface area contributed by atoms with Gasteiger partial charge in [0.05, 0.1) is 6.21 Å². The molecule has 2 N–H and O–H groups in total. The Morgan fingerprint density at radius 3 is 2.52 bits per heavy atom. The topological polar surface area (TPSA) is 95.9 Å². The lowest BCUT2D eigenvalue weighted by molar-refractivity contribution is -0.138. The van der Waals surface area contributed by atoms with E-state index >= 15 is 0 Å². The second kappa shape index (κ2) is 7.98. The SMILES string of the molecule is O=C(O)[C@H](Cc1ccccc1)N=Cc1nc(-c2ccc3ccccc3c2)oc1O. The van der Waals surface area contributed by atoms with Crippen LogP contribution in [0.25, 0.3) is 22.2 Å². The van der Waals surface area contributed by atoms with Crippen LogP contribution in [0.4, 0.5) is 0 Å². The van der Waals surface area contributed by atoms with Gasteiger partial charge in [-0.15, -0.1) is 0 Å². The Balaban J connectivity index is 1.58. The zero-order valence-corrected chi connectivity index (χ0v) is 15.4. The number of aromatic nitrogens is 1. The van der Waals surface area contributed by atoms with Crippen LogP contribution >= 0.6 is 0 Å². The third-order valence-electron chi connectivity index (χ3n) is 4.56. The van der Waals surface area contributed by atoms with Crippen LogP contribution in [0.15, 0.2) is 82.2 Å². The summed E-state index contributed by atoms with van der Waals surface area (Å²) in [7, 11) is 0. The molecule has 0 aliphatic rings. The van der Waals surface area contributed by atoms with E-state index in [9.17, 15) is 15.0 Å². The zero-order chi connectivity index (χ0) is 20.2. The Morgan fingerprint density at radius 1 is 1.03 bits per heavy atom. The molecule has 1 aromatic heterocycles. The third kappa shape index (κ3) is 4.16. The van der Waals surface area contributed by atoms with Gasteiger partial charge in [-0.1, -0.05) is 60.7 Å². The van der Waals surface area contributed by atoms with Crippen LogP contribution in [0.5, 0.6) is 5.95 Å². The fourth-order valence-corrected chi connectivity index (χ4v) is 3.06. The highest BCUT2D eigenvalue weighted by Crippen LogP contribution is 2.28.